The third-order valence-corrected chi connectivity index (χ3v) is 3.29. The maximum atomic E-state index is 13.8. The summed E-state index contributed by atoms with van der Waals surface area (Å²) in [4.78, 5) is 0. The number of nitrogens with two attached hydrogens (primary N) is 1. The van der Waals surface area contributed by atoms with E-state index in [2.05, 4.69) is 5.43 Å². The van der Waals surface area contributed by atoms with Gasteiger partial charge >= 0.3 is 0 Å². The molecule has 3 N–H and O–H groups in total. The molecule has 0 amide bonds. The third-order valence-electron chi connectivity index (χ3n) is 2.73. The van der Waals surface area contributed by atoms with E-state index in [0.717, 1.165) is 12.1 Å². The molecular formula is C13H10Cl2F2N2. The molecule has 1 unspecified atom stereocenters. The Kier molecular flexibility index (Phi) is 4.37. The zero-order valence-corrected chi connectivity index (χ0v) is 11.1. The lowest BCUT2D eigenvalue weighted by Crippen LogP contribution is -2.30. The molecule has 2 aromatic rings. The van der Waals surface area contributed by atoms with Gasteiger partial charge in [0.1, 0.15) is 11.6 Å². The largest absolute Gasteiger partial charge is 0.271 e. The quantitative estimate of drug-likeness (QED) is 0.668. The summed E-state index contributed by atoms with van der Waals surface area (Å²) in [5.41, 5.74) is 2.63. The highest BCUT2D eigenvalue weighted by molar-refractivity contribution is 6.35. The van der Waals surface area contributed by atoms with Crippen molar-refractivity contribution >= 4 is 23.2 Å². The van der Waals surface area contributed by atoms with E-state index in [1.54, 1.807) is 12.1 Å². The van der Waals surface area contributed by atoms with Gasteiger partial charge in [-0.1, -0.05) is 35.3 Å². The van der Waals surface area contributed by atoms with Crippen LogP contribution in [-0.2, 0) is 0 Å². The van der Waals surface area contributed by atoms with Crippen LogP contribution in [0.1, 0.15) is 17.2 Å². The van der Waals surface area contributed by atoms with Gasteiger partial charge in [-0.2, -0.15) is 0 Å². The lowest BCUT2D eigenvalue weighted by Gasteiger charge is -2.19. The Morgan fingerprint density at radius 3 is 2.21 bits per heavy atom. The average molecular weight is 303 g/mol. The van der Waals surface area contributed by atoms with Crippen molar-refractivity contribution in [2.75, 3.05) is 0 Å². The maximum Gasteiger partial charge on any atom is 0.131 e. The molecule has 100 valence electrons. The van der Waals surface area contributed by atoms with Gasteiger partial charge in [-0.3, -0.25) is 5.84 Å². The number of hydrazine groups is 1. The molecule has 0 aliphatic rings. The first kappa shape index (κ1) is 14.2. The molecule has 2 aromatic carbocycles. The van der Waals surface area contributed by atoms with E-state index in [1.807, 2.05) is 0 Å². The first-order chi connectivity index (χ1) is 9.04. The van der Waals surface area contributed by atoms with Crippen LogP contribution in [0.3, 0.4) is 0 Å². The van der Waals surface area contributed by atoms with Crippen LogP contribution in [0.5, 0.6) is 0 Å². The minimum absolute atomic E-state index is 0.186. The molecule has 0 spiro atoms. The zero-order valence-electron chi connectivity index (χ0n) is 9.63. The van der Waals surface area contributed by atoms with Gasteiger partial charge in [0.05, 0.1) is 6.04 Å². The number of halogens is 4. The Hall–Kier alpha value is -1.20. The maximum absolute atomic E-state index is 13.8. The fourth-order valence-corrected chi connectivity index (χ4v) is 2.37. The second kappa shape index (κ2) is 5.84. The van der Waals surface area contributed by atoms with E-state index >= 15 is 0 Å². The van der Waals surface area contributed by atoms with Crippen LogP contribution in [0.15, 0.2) is 36.4 Å². The summed E-state index contributed by atoms with van der Waals surface area (Å²) in [6.45, 7) is 0. The second-order valence-electron chi connectivity index (χ2n) is 3.90. The van der Waals surface area contributed by atoms with Crippen LogP contribution in [-0.4, -0.2) is 0 Å². The lowest BCUT2D eigenvalue weighted by molar-refractivity contribution is 0.510. The molecule has 1 atom stereocenters. The molecular weight excluding hydrogens is 293 g/mol. The van der Waals surface area contributed by atoms with Crippen molar-refractivity contribution in [3.8, 4) is 0 Å². The molecule has 0 saturated heterocycles. The van der Waals surface area contributed by atoms with Gasteiger partial charge in [0, 0.05) is 15.6 Å². The Balaban J connectivity index is 2.56. The van der Waals surface area contributed by atoms with Crippen molar-refractivity contribution in [1.29, 1.82) is 0 Å². The van der Waals surface area contributed by atoms with E-state index in [4.69, 9.17) is 29.0 Å². The van der Waals surface area contributed by atoms with Crippen molar-refractivity contribution in [2.45, 2.75) is 6.04 Å². The van der Waals surface area contributed by atoms with Gasteiger partial charge in [0.25, 0.3) is 0 Å². The molecule has 2 rings (SSSR count). The van der Waals surface area contributed by atoms with Gasteiger partial charge in [0.15, 0.2) is 0 Å². The number of rotatable bonds is 3. The van der Waals surface area contributed by atoms with E-state index in [1.165, 1.54) is 12.1 Å². The van der Waals surface area contributed by atoms with Gasteiger partial charge in [-0.15, -0.1) is 0 Å². The van der Waals surface area contributed by atoms with E-state index in [9.17, 15) is 8.78 Å². The van der Waals surface area contributed by atoms with Crippen molar-refractivity contribution in [3.63, 3.8) is 0 Å². The molecule has 0 bridgehead atoms. The Morgan fingerprint density at radius 2 is 1.68 bits per heavy atom. The number of benzene rings is 2. The second-order valence-corrected chi connectivity index (χ2v) is 4.74. The number of hydrogen-bond acceptors (Lipinski definition) is 2. The molecule has 2 nitrogen and oxygen atoms in total. The Labute approximate surface area is 119 Å². The molecule has 0 aromatic heterocycles. The minimum atomic E-state index is -0.897. The summed E-state index contributed by atoms with van der Waals surface area (Å²) in [6, 6.07) is 7.34. The third kappa shape index (κ3) is 2.87. The van der Waals surface area contributed by atoms with Crippen molar-refractivity contribution in [1.82, 2.24) is 5.43 Å². The van der Waals surface area contributed by atoms with Gasteiger partial charge in [-0.05, 0) is 29.8 Å². The van der Waals surface area contributed by atoms with Gasteiger partial charge in [0.2, 0.25) is 0 Å². The average Bonchev–Trinajstić information content (AvgIpc) is 2.35. The summed E-state index contributed by atoms with van der Waals surface area (Å²) < 4.78 is 27.6. The van der Waals surface area contributed by atoms with Crippen LogP contribution >= 0.6 is 23.2 Å². The molecule has 0 saturated carbocycles. The lowest BCUT2D eigenvalue weighted by atomic mass is 9.98. The van der Waals surface area contributed by atoms with Crippen LogP contribution in [0, 0.1) is 11.6 Å². The van der Waals surface area contributed by atoms with Crippen LogP contribution in [0.25, 0.3) is 0 Å². The molecule has 0 aliphatic carbocycles. The minimum Gasteiger partial charge on any atom is -0.271 e. The molecule has 19 heavy (non-hydrogen) atoms. The summed E-state index contributed by atoms with van der Waals surface area (Å²) >= 11 is 11.8. The van der Waals surface area contributed by atoms with Crippen molar-refractivity contribution in [3.05, 3.63) is 69.2 Å². The predicted octanol–water partition coefficient (Wildman–Crippen LogP) is 3.82. The summed E-state index contributed by atoms with van der Waals surface area (Å²) in [7, 11) is 0. The van der Waals surface area contributed by atoms with E-state index in [0.29, 0.717) is 10.6 Å². The smallest absolute Gasteiger partial charge is 0.131 e. The highest BCUT2D eigenvalue weighted by Crippen LogP contribution is 2.32. The normalized spacial score (nSPS) is 12.5. The fraction of sp³-hybridized carbons (Fsp3) is 0.0769. The molecule has 0 heterocycles. The van der Waals surface area contributed by atoms with Gasteiger partial charge < -0.3 is 0 Å². The summed E-state index contributed by atoms with van der Waals surface area (Å²) in [5, 5.41) is 0.705. The molecule has 0 fully saturated rings. The van der Waals surface area contributed by atoms with E-state index in [-0.39, 0.29) is 10.6 Å². The summed E-state index contributed by atoms with van der Waals surface area (Å²) in [5.74, 6) is 4.01. The summed E-state index contributed by atoms with van der Waals surface area (Å²) in [6.07, 6.45) is 0. The molecule has 6 heteroatoms. The number of hydrogen-bond donors (Lipinski definition) is 2. The highest BCUT2D eigenvalue weighted by Gasteiger charge is 2.22. The first-order valence-electron chi connectivity index (χ1n) is 5.39. The standard InChI is InChI=1S/C13H10Cl2F2N2/c14-7-4-5-8(9(15)6-7)13(19-18)12-10(16)2-1-3-11(12)17/h1-6,13,19H,18H2. The van der Waals surface area contributed by atoms with Gasteiger partial charge in [-0.25, -0.2) is 14.2 Å². The molecule has 0 aliphatic heterocycles. The number of nitrogens with one attached hydrogen (secondary N) is 1. The Morgan fingerprint density at radius 1 is 1.05 bits per heavy atom. The highest BCUT2D eigenvalue weighted by atomic mass is 35.5. The SMILES string of the molecule is NNC(c1ccc(Cl)cc1Cl)c1c(F)cccc1F. The predicted molar refractivity (Wildman–Crippen MR) is 72.0 cm³/mol. The van der Waals surface area contributed by atoms with Crippen molar-refractivity contribution in [2.24, 2.45) is 5.84 Å². The Bertz CT molecular complexity index is 585. The molecule has 0 radical (unpaired) electrons. The monoisotopic (exact) mass is 302 g/mol. The first-order valence-corrected chi connectivity index (χ1v) is 6.15. The van der Waals surface area contributed by atoms with Crippen LogP contribution in [0.4, 0.5) is 8.78 Å². The van der Waals surface area contributed by atoms with Crippen LogP contribution < -0.4 is 11.3 Å². The zero-order chi connectivity index (χ0) is 14.0. The van der Waals surface area contributed by atoms with E-state index < -0.39 is 17.7 Å². The van der Waals surface area contributed by atoms with Crippen LogP contribution in [0.2, 0.25) is 10.0 Å². The fourth-order valence-electron chi connectivity index (χ4n) is 1.85. The van der Waals surface area contributed by atoms with Crippen molar-refractivity contribution < 1.29 is 8.78 Å². The topological polar surface area (TPSA) is 38.0 Å².